The molecule has 7 nitrogen and oxygen atoms in total. The van der Waals surface area contributed by atoms with E-state index in [-0.39, 0.29) is 21.2 Å². The second-order valence-corrected chi connectivity index (χ2v) is 10.2. The first kappa shape index (κ1) is 22.1. The number of hydrogen-bond acceptors (Lipinski definition) is 5. The lowest BCUT2D eigenvalue weighted by molar-refractivity contribution is 0.416. The van der Waals surface area contributed by atoms with Crippen LogP contribution in [0.2, 0.25) is 0 Å². The summed E-state index contributed by atoms with van der Waals surface area (Å²) in [5.74, 6) is 0.220. The first-order valence-electron chi connectivity index (χ1n) is 9.42. The third kappa shape index (κ3) is 4.28. The molecule has 0 aliphatic carbocycles. The molecule has 0 radical (unpaired) electrons. The van der Waals surface area contributed by atoms with E-state index in [1.165, 1.54) is 35.7 Å². The molecule has 0 bridgehead atoms. The van der Waals surface area contributed by atoms with Crippen molar-refractivity contribution < 1.29 is 21.6 Å². The molecule has 0 spiro atoms. The van der Waals surface area contributed by atoms with Gasteiger partial charge in [0.2, 0.25) is 10.0 Å². The van der Waals surface area contributed by atoms with Gasteiger partial charge in [0.05, 0.1) is 22.6 Å². The quantitative estimate of drug-likeness (QED) is 0.567. The van der Waals surface area contributed by atoms with Crippen molar-refractivity contribution in [1.29, 1.82) is 0 Å². The molecule has 160 valence electrons. The standard InChI is InChI=1S/C21H24N2O5S2/c1-4-23(5-2)30(26,27)19-12-13-21(28-3)20(15-19)22-29(24,25)18-11-10-16-8-6-7-9-17(16)14-18/h6-15,22H,4-5H2,1-3H3. The van der Waals surface area contributed by atoms with Crippen LogP contribution in [0.4, 0.5) is 5.69 Å². The van der Waals surface area contributed by atoms with Gasteiger partial charge in [-0.3, -0.25) is 4.72 Å². The Morgan fingerprint density at radius 3 is 2.10 bits per heavy atom. The molecule has 0 aromatic heterocycles. The second-order valence-electron chi connectivity index (χ2n) is 6.57. The van der Waals surface area contributed by atoms with Crippen LogP contribution in [0, 0.1) is 0 Å². The smallest absolute Gasteiger partial charge is 0.262 e. The lowest BCUT2D eigenvalue weighted by atomic mass is 10.1. The van der Waals surface area contributed by atoms with E-state index in [0.717, 1.165) is 10.8 Å². The van der Waals surface area contributed by atoms with Crippen LogP contribution in [0.1, 0.15) is 13.8 Å². The van der Waals surface area contributed by atoms with Crippen LogP contribution < -0.4 is 9.46 Å². The third-order valence-corrected chi connectivity index (χ3v) is 8.20. The zero-order chi connectivity index (χ0) is 21.9. The fourth-order valence-electron chi connectivity index (χ4n) is 3.18. The SMILES string of the molecule is CCN(CC)S(=O)(=O)c1ccc(OC)c(NS(=O)(=O)c2ccc3ccccc3c2)c1. The van der Waals surface area contributed by atoms with E-state index < -0.39 is 20.0 Å². The van der Waals surface area contributed by atoms with Gasteiger partial charge in [0.15, 0.2) is 0 Å². The summed E-state index contributed by atoms with van der Waals surface area (Å²) in [4.78, 5) is 0.0588. The van der Waals surface area contributed by atoms with Gasteiger partial charge >= 0.3 is 0 Å². The van der Waals surface area contributed by atoms with Crippen molar-refractivity contribution in [2.24, 2.45) is 0 Å². The van der Waals surface area contributed by atoms with Gasteiger partial charge < -0.3 is 4.74 Å². The number of anilines is 1. The third-order valence-electron chi connectivity index (χ3n) is 4.79. The molecular weight excluding hydrogens is 424 g/mol. The lowest BCUT2D eigenvalue weighted by Gasteiger charge is -2.20. The van der Waals surface area contributed by atoms with E-state index >= 15 is 0 Å². The highest BCUT2D eigenvalue weighted by Crippen LogP contribution is 2.31. The fourth-order valence-corrected chi connectivity index (χ4v) is 5.76. The molecule has 0 heterocycles. The Kier molecular flexibility index (Phi) is 6.35. The predicted octanol–water partition coefficient (Wildman–Crippen LogP) is 3.68. The lowest BCUT2D eigenvalue weighted by Crippen LogP contribution is -2.30. The maximum atomic E-state index is 13.0. The molecule has 0 atom stereocenters. The highest BCUT2D eigenvalue weighted by Gasteiger charge is 2.24. The summed E-state index contributed by atoms with van der Waals surface area (Å²) in [7, 11) is -6.33. The van der Waals surface area contributed by atoms with Gasteiger partial charge in [-0.2, -0.15) is 4.31 Å². The molecule has 3 rings (SSSR count). The molecule has 0 aliphatic rings. The summed E-state index contributed by atoms with van der Waals surface area (Å²) < 4.78 is 60.7. The Balaban J connectivity index is 2.03. The van der Waals surface area contributed by atoms with Gasteiger partial charge in [0.25, 0.3) is 10.0 Å². The molecule has 0 saturated carbocycles. The van der Waals surface area contributed by atoms with Gasteiger partial charge in [-0.15, -0.1) is 0 Å². The van der Waals surface area contributed by atoms with Gasteiger partial charge in [-0.25, -0.2) is 16.8 Å². The Bertz CT molecular complexity index is 1270. The van der Waals surface area contributed by atoms with Gasteiger partial charge in [-0.05, 0) is 41.1 Å². The average molecular weight is 449 g/mol. The maximum Gasteiger partial charge on any atom is 0.262 e. The van der Waals surface area contributed by atoms with E-state index in [0.29, 0.717) is 13.1 Å². The normalized spacial score (nSPS) is 12.3. The highest BCUT2D eigenvalue weighted by atomic mass is 32.2. The number of nitrogens with zero attached hydrogens (tertiary/aromatic N) is 1. The number of fused-ring (bicyclic) bond motifs is 1. The number of methoxy groups -OCH3 is 1. The van der Waals surface area contributed by atoms with Crippen LogP contribution in [0.5, 0.6) is 5.75 Å². The van der Waals surface area contributed by atoms with E-state index in [9.17, 15) is 16.8 Å². The molecular formula is C21H24N2O5S2. The zero-order valence-corrected chi connectivity index (χ0v) is 18.6. The number of sulfonamides is 2. The van der Waals surface area contributed by atoms with Crippen LogP contribution in [-0.4, -0.2) is 41.3 Å². The van der Waals surface area contributed by atoms with E-state index in [4.69, 9.17) is 4.74 Å². The van der Waals surface area contributed by atoms with Crippen LogP contribution >= 0.6 is 0 Å². The molecule has 9 heteroatoms. The molecule has 0 saturated heterocycles. The topological polar surface area (TPSA) is 92.8 Å². The zero-order valence-electron chi connectivity index (χ0n) is 17.0. The number of ether oxygens (including phenoxy) is 1. The minimum absolute atomic E-state index is 0.0109. The first-order valence-corrected chi connectivity index (χ1v) is 12.3. The molecule has 0 amide bonds. The fraction of sp³-hybridized carbons (Fsp3) is 0.238. The molecule has 0 fully saturated rings. The van der Waals surface area contributed by atoms with Crippen LogP contribution in [0.25, 0.3) is 10.8 Å². The monoisotopic (exact) mass is 448 g/mol. The van der Waals surface area contributed by atoms with E-state index in [1.807, 2.05) is 24.3 Å². The molecule has 30 heavy (non-hydrogen) atoms. The highest BCUT2D eigenvalue weighted by molar-refractivity contribution is 7.92. The summed E-state index contributed by atoms with van der Waals surface area (Å²) in [6.45, 7) is 4.11. The van der Waals surface area contributed by atoms with Crippen molar-refractivity contribution in [3.8, 4) is 5.75 Å². The Hall–Kier alpha value is -2.62. The molecule has 1 N–H and O–H groups in total. The minimum Gasteiger partial charge on any atom is -0.495 e. The molecule has 0 unspecified atom stereocenters. The maximum absolute atomic E-state index is 13.0. The largest absolute Gasteiger partial charge is 0.495 e. The van der Waals surface area contributed by atoms with Crippen molar-refractivity contribution in [2.45, 2.75) is 23.6 Å². The van der Waals surface area contributed by atoms with Gasteiger partial charge in [-0.1, -0.05) is 44.2 Å². The predicted molar refractivity (Wildman–Crippen MR) is 118 cm³/mol. The molecule has 3 aromatic carbocycles. The number of rotatable bonds is 8. The van der Waals surface area contributed by atoms with Crippen molar-refractivity contribution >= 4 is 36.5 Å². The summed E-state index contributed by atoms with van der Waals surface area (Å²) in [6, 6.07) is 16.4. The van der Waals surface area contributed by atoms with Crippen LogP contribution in [0.3, 0.4) is 0 Å². The van der Waals surface area contributed by atoms with E-state index in [2.05, 4.69) is 4.72 Å². The average Bonchev–Trinajstić information content (AvgIpc) is 2.73. The Morgan fingerprint density at radius 2 is 1.47 bits per heavy atom. The Labute approximate surface area is 177 Å². The minimum atomic E-state index is -3.97. The van der Waals surface area contributed by atoms with Crippen molar-refractivity contribution in [3.63, 3.8) is 0 Å². The Morgan fingerprint density at radius 1 is 0.833 bits per heavy atom. The van der Waals surface area contributed by atoms with Crippen molar-refractivity contribution in [3.05, 3.63) is 60.7 Å². The van der Waals surface area contributed by atoms with E-state index in [1.54, 1.807) is 26.0 Å². The second kappa shape index (κ2) is 8.63. The number of benzene rings is 3. The summed E-state index contributed by atoms with van der Waals surface area (Å²) in [5.41, 5.74) is 0.0545. The molecule has 0 aliphatic heterocycles. The number of nitrogens with one attached hydrogen (secondary N) is 1. The van der Waals surface area contributed by atoms with Gasteiger partial charge in [0.1, 0.15) is 5.75 Å². The number of hydrogen-bond donors (Lipinski definition) is 1. The summed E-state index contributed by atoms with van der Waals surface area (Å²) in [6.07, 6.45) is 0. The summed E-state index contributed by atoms with van der Waals surface area (Å²) in [5, 5.41) is 1.70. The van der Waals surface area contributed by atoms with Crippen molar-refractivity contribution in [2.75, 3.05) is 24.9 Å². The first-order chi connectivity index (χ1) is 14.2. The molecule has 3 aromatic rings. The van der Waals surface area contributed by atoms with Crippen molar-refractivity contribution in [1.82, 2.24) is 4.31 Å². The van der Waals surface area contributed by atoms with Gasteiger partial charge in [0, 0.05) is 13.1 Å². The van der Waals surface area contributed by atoms with Crippen LogP contribution in [0.15, 0.2) is 70.5 Å². The van der Waals surface area contributed by atoms with Crippen LogP contribution in [-0.2, 0) is 20.0 Å². The summed E-state index contributed by atoms with van der Waals surface area (Å²) >= 11 is 0.